The van der Waals surface area contributed by atoms with E-state index in [1.165, 1.54) is 43.0 Å². The van der Waals surface area contributed by atoms with Gasteiger partial charge < -0.3 is 9.62 Å². The number of hydrogen-bond donors (Lipinski definition) is 1. The first-order valence-corrected chi connectivity index (χ1v) is 9.70. The van der Waals surface area contributed by atoms with Crippen molar-refractivity contribution in [1.82, 2.24) is 0 Å². The molecular formula is C20H23FN2S. The standard InChI is InChI=1S/C20H23FN2S/c21-18-9-2-3-10-19(18)22-24-17-8-5-7-16(14-17)23-13-12-15-6-1-4-11-20(15)23/h1-4,6,9-11,16-17,22H,5,7-8,12-14H2. The van der Waals surface area contributed by atoms with Crippen molar-refractivity contribution in [2.24, 2.45) is 0 Å². The van der Waals surface area contributed by atoms with Gasteiger partial charge in [0.2, 0.25) is 0 Å². The molecule has 0 aromatic heterocycles. The fourth-order valence-electron chi connectivity index (χ4n) is 3.94. The second-order valence-electron chi connectivity index (χ2n) is 6.71. The van der Waals surface area contributed by atoms with Crippen molar-refractivity contribution in [2.75, 3.05) is 16.2 Å². The van der Waals surface area contributed by atoms with Gasteiger partial charge in [-0.3, -0.25) is 0 Å². The van der Waals surface area contributed by atoms with Crippen molar-refractivity contribution >= 4 is 23.3 Å². The second-order valence-corrected chi connectivity index (χ2v) is 7.82. The molecule has 4 heteroatoms. The number of para-hydroxylation sites is 2. The Bertz CT molecular complexity index is 706. The summed E-state index contributed by atoms with van der Waals surface area (Å²) in [6, 6.07) is 16.3. The monoisotopic (exact) mass is 342 g/mol. The molecule has 2 aliphatic rings. The summed E-state index contributed by atoms with van der Waals surface area (Å²) in [5.41, 5.74) is 3.50. The number of nitrogens with zero attached hydrogens (tertiary/aromatic N) is 1. The molecule has 1 heterocycles. The lowest BCUT2D eigenvalue weighted by atomic mass is 9.93. The lowest BCUT2D eigenvalue weighted by Gasteiger charge is -2.36. The van der Waals surface area contributed by atoms with Crippen LogP contribution in [0, 0.1) is 5.82 Å². The summed E-state index contributed by atoms with van der Waals surface area (Å²) in [7, 11) is 0. The third-order valence-corrected chi connectivity index (χ3v) is 6.27. The van der Waals surface area contributed by atoms with Gasteiger partial charge in [0.05, 0.1) is 5.69 Å². The molecule has 1 N–H and O–H groups in total. The van der Waals surface area contributed by atoms with Crippen molar-refractivity contribution in [1.29, 1.82) is 0 Å². The van der Waals surface area contributed by atoms with Crippen LogP contribution in [0.15, 0.2) is 48.5 Å². The SMILES string of the molecule is Fc1ccccc1NSC1CCCC(N2CCc3ccccc32)C1. The number of hydrogen-bond acceptors (Lipinski definition) is 3. The summed E-state index contributed by atoms with van der Waals surface area (Å²) >= 11 is 1.69. The normalized spacial score (nSPS) is 23.1. The Morgan fingerprint density at radius 1 is 1.04 bits per heavy atom. The second kappa shape index (κ2) is 7.06. The van der Waals surface area contributed by atoms with Crippen molar-refractivity contribution in [3.8, 4) is 0 Å². The average Bonchev–Trinajstić information content (AvgIpc) is 3.05. The van der Waals surface area contributed by atoms with Crippen molar-refractivity contribution < 1.29 is 4.39 Å². The van der Waals surface area contributed by atoms with Crippen molar-refractivity contribution in [3.63, 3.8) is 0 Å². The topological polar surface area (TPSA) is 15.3 Å². The molecule has 1 aliphatic heterocycles. The van der Waals surface area contributed by atoms with E-state index in [1.54, 1.807) is 24.1 Å². The molecule has 2 unspecified atom stereocenters. The fraction of sp³-hybridized carbons (Fsp3) is 0.400. The molecule has 2 atom stereocenters. The maximum absolute atomic E-state index is 13.7. The van der Waals surface area contributed by atoms with E-state index in [0.717, 1.165) is 13.0 Å². The van der Waals surface area contributed by atoms with E-state index in [2.05, 4.69) is 33.9 Å². The van der Waals surface area contributed by atoms with Gasteiger partial charge in [0, 0.05) is 23.5 Å². The van der Waals surface area contributed by atoms with Gasteiger partial charge in [-0.2, -0.15) is 0 Å². The van der Waals surface area contributed by atoms with Crippen LogP contribution in [0.2, 0.25) is 0 Å². The van der Waals surface area contributed by atoms with Gasteiger partial charge in [-0.1, -0.05) is 36.8 Å². The molecule has 0 radical (unpaired) electrons. The van der Waals surface area contributed by atoms with Crippen LogP contribution in [-0.4, -0.2) is 17.8 Å². The highest BCUT2D eigenvalue weighted by Crippen LogP contribution is 2.37. The minimum absolute atomic E-state index is 0.175. The predicted molar refractivity (Wildman–Crippen MR) is 101 cm³/mol. The zero-order valence-electron chi connectivity index (χ0n) is 13.7. The number of halogens is 1. The van der Waals surface area contributed by atoms with Crippen LogP contribution in [-0.2, 0) is 6.42 Å². The quantitative estimate of drug-likeness (QED) is 0.763. The first kappa shape index (κ1) is 15.8. The first-order valence-electron chi connectivity index (χ1n) is 8.82. The highest BCUT2D eigenvalue weighted by Gasteiger charge is 2.30. The summed E-state index contributed by atoms with van der Waals surface area (Å²) in [4.78, 5) is 2.60. The van der Waals surface area contributed by atoms with Gasteiger partial charge in [-0.25, -0.2) is 4.39 Å². The number of fused-ring (bicyclic) bond motifs is 1. The van der Waals surface area contributed by atoms with Gasteiger partial charge in [-0.15, -0.1) is 0 Å². The van der Waals surface area contributed by atoms with Gasteiger partial charge in [-0.05, 0) is 61.4 Å². The predicted octanol–water partition coefficient (Wildman–Crippen LogP) is 5.26. The van der Waals surface area contributed by atoms with Crippen LogP contribution in [0.1, 0.15) is 31.2 Å². The molecule has 1 aliphatic carbocycles. The zero-order chi connectivity index (χ0) is 16.4. The van der Waals surface area contributed by atoms with Gasteiger partial charge in [0.1, 0.15) is 5.82 Å². The number of rotatable bonds is 4. The van der Waals surface area contributed by atoms with Crippen LogP contribution < -0.4 is 9.62 Å². The van der Waals surface area contributed by atoms with E-state index in [1.807, 2.05) is 6.07 Å². The lowest BCUT2D eigenvalue weighted by Crippen LogP contribution is -2.38. The third kappa shape index (κ3) is 3.25. The molecule has 24 heavy (non-hydrogen) atoms. The molecular weight excluding hydrogens is 319 g/mol. The van der Waals surface area contributed by atoms with Crippen LogP contribution in [0.4, 0.5) is 15.8 Å². The van der Waals surface area contributed by atoms with Crippen LogP contribution >= 0.6 is 11.9 Å². The fourth-order valence-corrected chi connectivity index (χ4v) is 5.01. The summed E-state index contributed by atoms with van der Waals surface area (Å²) in [6.07, 6.45) is 6.06. The largest absolute Gasteiger partial charge is 0.368 e. The molecule has 0 saturated heterocycles. The number of benzene rings is 2. The lowest BCUT2D eigenvalue weighted by molar-refractivity contribution is 0.429. The van der Waals surface area contributed by atoms with Gasteiger partial charge in [0.25, 0.3) is 0 Å². The molecule has 0 bridgehead atoms. The minimum atomic E-state index is -0.175. The van der Waals surface area contributed by atoms with Gasteiger partial charge in [0.15, 0.2) is 0 Å². The molecule has 2 aromatic carbocycles. The Morgan fingerprint density at radius 2 is 1.88 bits per heavy atom. The van der Waals surface area contributed by atoms with E-state index >= 15 is 0 Å². The van der Waals surface area contributed by atoms with Crippen molar-refractivity contribution in [3.05, 3.63) is 59.9 Å². The van der Waals surface area contributed by atoms with E-state index in [0.29, 0.717) is 17.0 Å². The van der Waals surface area contributed by atoms with E-state index in [4.69, 9.17) is 0 Å². The molecule has 2 aromatic rings. The third-order valence-electron chi connectivity index (χ3n) is 5.17. The summed E-state index contributed by atoms with van der Waals surface area (Å²) < 4.78 is 17.0. The number of anilines is 2. The molecule has 0 spiro atoms. The Morgan fingerprint density at radius 3 is 2.79 bits per heavy atom. The minimum Gasteiger partial charge on any atom is -0.368 e. The van der Waals surface area contributed by atoms with Crippen LogP contribution in [0.5, 0.6) is 0 Å². The zero-order valence-corrected chi connectivity index (χ0v) is 14.6. The Balaban J connectivity index is 1.39. The van der Waals surface area contributed by atoms with E-state index in [-0.39, 0.29) is 5.82 Å². The van der Waals surface area contributed by atoms with E-state index in [9.17, 15) is 4.39 Å². The molecule has 1 fully saturated rings. The molecule has 4 rings (SSSR count). The highest BCUT2D eigenvalue weighted by atomic mass is 32.2. The van der Waals surface area contributed by atoms with E-state index < -0.39 is 0 Å². The highest BCUT2D eigenvalue weighted by molar-refractivity contribution is 8.01. The Hall–Kier alpha value is -1.68. The molecule has 0 amide bonds. The van der Waals surface area contributed by atoms with Gasteiger partial charge >= 0.3 is 0 Å². The first-order chi connectivity index (χ1) is 11.8. The number of nitrogens with one attached hydrogen (secondary N) is 1. The maximum Gasteiger partial charge on any atom is 0.147 e. The smallest absolute Gasteiger partial charge is 0.147 e. The van der Waals surface area contributed by atoms with Crippen LogP contribution in [0.25, 0.3) is 0 Å². The molecule has 1 saturated carbocycles. The summed E-state index contributed by atoms with van der Waals surface area (Å²) in [5, 5.41) is 0.538. The van der Waals surface area contributed by atoms with Crippen LogP contribution in [0.3, 0.4) is 0 Å². The average molecular weight is 342 g/mol. The summed E-state index contributed by atoms with van der Waals surface area (Å²) in [5.74, 6) is -0.175. The van der Waals surface area contributed by atoms with Crippen molar-refractivity contribution in [2.45, 2.75) is 43.4 Å². The Kier molecular flexibility index (Phi) is 4.65. The summed E-state index contributed by atoms with van der Waals surface area (Å²) in [6.45, 7) is 1.14. The Labute approximate surface area is 147 Å². The molecule has 2 nitrogen and oxygen atoms in total. The molecule has 126 valence electrons. The maximum atomic E-state index is 13.7.